The molecule has 0 saturated heterocycles. The highest BCUT2D eigenvalue weighted by Gasteiger charge is 2.22. The van der Waals surface area contributed by atoms with E-state index in [2.05, 4.69) is 17.1 Å². The Morgan fingerprint density at radius 3 is 2.09 bits per heavy atom. The molecule has 0 aliphatic rings. The van der Waals surface area contributed by atoms with Gasteiger partial charge in [-0.3, -0.25) is 9.78 Å². The third-order valence-electron chi connectivity index (χ3n) is 4.84. The highest BCUT2D eigenvalue weighted by atomic mass is 16.6. The highest BCUT2D eigenvalue weighted by molar-refractivity contribution is 5.67. The summed E-state index contributed by atoms with van der Waals surface area (Å²) in [6, 6.07) is 31.3. The second kappa shape index (κ2) is 10.2. The Labute approximate surface area is 187 Å². The van der Waals surface area contributed by atoms with Crippen molar-refractivity contribution in [3.63, 3.8) is 0 Å². The molecule has 0 amide bonds. The zero-order chi connectivity index (χ0) is 22.2. The Morgan fingerprint density at radius 1 is 0.812 bits per heavy atom. The van der Waals surface area contributed by atoms with Crippen LogP contribution in [0, 0.1) is 0 Å². The van der Waals surface area contributed by atoms with Crippen LogP contribution in [0.2, 0.25) is 0 Å². The molecule has 0 N–H and O–H groups in total. The number of ether oxygens (including phenoxy) is 2. The predicted molar refractivity (Wildman–Crippen MR) is 126 cm³/mol. The van der Waals surface area contributed by atoms with Crippen LogP contribution in [0.5, 0.6) is 5.75 Å². The monoisotopic (exact) mass is 421 g/mol. The predicted octanol–water partition coefficient (Wildman–Crippen LogP) is 6.47. The van der Waals surface area contributed by atoms with Gasteiger partial charge in [-0.1, -0.05) is 78.9 Å². The summed E-state index contributed by atoms with van der Waals surface area (Å²) in [5.41, 5.74) is 3.89. The molecule has 1 unspecified atom stereocenters. The molecule has 1 atom stereocenters. The van der Waals surface area contributed by atoms with Crippen LogP contribution >= 0.6 is 0 Å². The van der Waals surface area contributed by atoms with Gasteiger partial charge in [0.15, 0.2) is 11.9 Å². The molecule has 0 saturated carbocycles. The summed E-state index contributed by atoms with van der Waals surface area (Å²) < 4.78 is 12.0. The minimum atomic E-state index is -0.692. The highest BCUT2D eigenvalue weighted by Crippen LogP contribution is 2.31. The molecule has 1 aromatic heterocycles. The van der Waals surface area contributed by atoms with Gasteiger partial charge < -0.3 is 9.47 Å². The van der Waals surface area contributed by atoms with Gasteiger partial charge >= 0.3 is 5.97 Å². The lowest BCUT2D eigenvalue weighted by Crippen LogP contribution is -2.15. The second-order valence-corrected chi connectivity index (χ2v) is 7.23. The van der Waals surface area contributed by atoms with Gasteiger partial charge in [0, 0.05) is 24.9 Å². The molecule has 4 aromatic rings. The lowest BCUT2D eigenvalue weighted by molar-refractivity contribution is -0.146. The molecule has 32 heavy (non-hydrogen) atoms. The van der Waals surface area contributed by atoms with Crippen molar-refractivity contribution in [2.24, 2.45) is 0 Å². The van der Waals surface area contributed by atoms with E-state index in [1.54, 1.807) is 12.4 Å². The zero-order valence-electron chi connectivity index (χ0n) is 17.7. The van der Waals surface area contributed by atoms with Crippen LogP contribution in [-0.4, -0.2) is 11.0 Å². The van der Waals surface area contributed by atoms with Crippen molar-refractivity contribution < 1.29 is 14.3 Å². The fraction of sp³-hybridized carbons (Fsp3) is 0.0714. The smallest absolute Gasteiger partial charge is 0.303 e. The number of carbonyl (C=O) groups is 1. The van der Waals surface area contributed by atoms with Crippen LogP contribution in [0.4, 0.5) is 0 Å². The summed E-state index contributed by atoms with van der Waals surface area (Å²) in [5, 5.41) is 0. The van der Waals surface area contributed by atoms with E-state index in [0.29, 0.717) is 11.5 Å². The number of carbonyl (C=O) groups excluding carboxylic acids is 1. The summed E-state index contributed by atoms with van der Waals surface area (Å²) >= 11 is 0. The largest absolute Gasteiger partial charge is 0.457 e. The second-order valence-electron chi connectivity index (χ2n) is 7.23. The molecule has 1 heterocycles. The molecule has 0 aliphatic carbocycles. The van der Waals surface area contributed by atoms with E-state index in [1.165, 1.54) is 6.92 Å². The minimum Gasteiger partial charge on any atom is -0.457 e. The fourth-order valence-corrected chi connectivity index (χ4v) is 3.35. The molecule has 4 heteroatoms. The molecule has 158 valence electrons. The molecule has 0 spiro atoms. The van der Waals surface area contributed by atoms with Gasteiger partial charge in [0.25, 0.3) is 0 Å². The molecule has 0 radical (unpaired) electrons. The maximum Gasteiger partial charge on any atom is 0.303 e. The first kappa shape index (κ1) is 21.1. The number of rotatable bonds is 7. The molecule has 4 rings (SSSR count). The van der Waals surface area contributed by atoms with E-state index in [0.717, 1.165) is 22.3 Å². The van der Waals surface area contributed by atoms with Crippen molar-refractivity contribution in [2.45, 2.75) is 13.0 Å². The number of hydrogen-bond acceptors (Lipinski definition) is 4. The van der Waals surface area contributed by atoms with Gasteiger partial charge in [-0.05, 0) is 41.0 Å². The van der Waals surface area contributed by atoms with E-state index < -0.39 is 6.10 Å². The van der Waals surface area contributed by atoms with Crippen molar-refractivity contribution in [1.82, 2.24) is 4.98 Å². The summed E-state index contributed by atoms with van der Waals surface area (Å²) in [6.45, 7) is 1.40. The minimum absolute atomic E-state index is 0.390. The lowest BCUT2D eigenvalue weighted by atomic mass is 10.1. The van der Waals surface area contributed by atoms with E-state index >= 15 is 0 Å². The molecule has 3 aromatic carbocycles. The van der Waals surface area contributed by atoms with E-state index in [4.69, 9.17) is 9.47 Å². The van der Waals surface area contributed by atoms with Gasteiger partial charge in [-0.25, -0.2) is 0 Å². The Bertz CT molecular complexity index is 1170. The van der Waals surface area contributed by atoms with Crippen LogP contribution in [0.3, 0.4) is 0 Å². The average molecular weight is 421 g/mol. The van der Waals surface area contributed by atoms with E-state index in [1.807, 2.05) is 91.0 Å². The number of esters is 1. The van der Waals surface area contributed by atoms with Crippen molar-refractivity contribution in [3.8, 4) is 16.9 Å². The number of pyridine rings is 1. The first-order valence-electron chi connectivity index (χ1n) is 10.4. The summed E-state index contributed by atoms with van der Waals surface area (Å²) in [7, 11) is 0. The van der Waals surface area contributed by atoms with Crippen LogP contribution in [0.1, 0.15) is 24.2 Å². The Hall–Kier alpha value is -4.18. The van der Waals surface area contributed by atoms with Crippen molar-refractivity contribution in [1.29, 1.82) is 0 Å². The van der Waals surface area contributed by atoms with E-state index in [9.17, 15) is 4.79 Å². The summed E-state index contributed by atoms with van der Waals surface area (Å²) in [6.07, 6.45) is 4.60. The van der Waals surface area contributed by atoms with Crippen molar-refractivity contribution in [3.05, 3.63) is 126 Å². The van der Waals surface area contributed by atoms with Crippen molar-refractivity contribution in [2.75, 3.05) is 0 Å². The maximum atomic E-state index is 11.9. The number of nitrogens with zero attached hydrogens (tertiary/aromatic N) is 1. The molecular formula is C28H23NO3. The van der Waals surface area contributed by atoms with Gasteiger partial charge in [0.1, 0.15) is 5.75 Å². The SMILES string of the molecule is CC(=O)OC(C(=Cc1cccnc1)Oc1ccc(-c2ccccc2)cc1)c1ccccc1. The Balaban J connectivity index is 1.69. The fourth-order valence-electron chi connectivity index (χ4n) is 3.35. The average Bonchev–Trinajstić information content (AvgIpc) is 2.84. The van der Waals surface area contributed by atoms with Crippen LogP contribution in [-0.2, 0) is 9.53 Å². The standard InChI is InChI=1S/C28H23NO3/c1-21(30)31-28(25-12-6-3-7-13-25)27(19-22-9-8-18-29-20-22)32-26-16-14-24(15-17-26)23-10-4-2-5-11-23/h2-20,28H,1H3. The Morgan fingerprint density at radius 2 is 1.47 bits per heavy atom. The maximum absolute atomic E-state index is 11.9. The topological polar surface area (TPSA) is 48.4 Å². The molecule has 0 fully saturated rings. The van der Waals surface area contributed by atoms with Crippen LogP contribution in [0.15, 0.2) is 115 Å². The normalized spacial score (nSPS) is 12.1. The first-order chi connectivity index (χ1) is 15.7. The lowest BCUT2D eigenvalue weighted by Gasteiger charge is -2.21. The quantitative estimate of drug-likeness (QED) is 0.253. The van der Waals surface area contributed by atoms with Gasteiger partial charge in [0.05, 0.1) is 0 Å². The van der Waals surface area contributed by atoms with Crippen molar-refractivity contribution >= 4 is 12.0 Å². The number of hydrogen-bond donors (Lipinski definition) is 0. The number of aromatic nitrogens is 1. The van der Waals surface area contributed by atoms with Crippen LogP contribution < -0.4 is 4.74 Å². The Kier molecular flexibility index (Phi) is 6.73. The zero-order valence-corrected chi connectivity index (χ0v) is 17.7. The van der Waals surface area contributed by atoms with Crippen LogP contribution in [0.25, 0.3) is 17.2 Å². The molecular weight excluding hydrogens is 398 g/mol. The van der Waals surface area contributed by atoms with Gasteiger partial charge in [0.2, 0.25) is 0 Å². The molecule has 4 nitrogen and oxygen atoms in total. The first-order valence-corrected chi connectivity index (χ1v) is 10.4. The molecule has 0 aliphatic heterocycles. The third-order valence-corrected chi connectivity index (χ3v) is 4.84. The summed E-state index contributed by atoms with van der Waals surface area (Å²) in [4.78, 5) is 16.1. The third kappa shape index (κ3) is 5.49. The molecule has 0 bridgehead atoms. The van der Waals surface area contributed by atoms with Gasteiger partial charge in [-0.15, -0.1) is 0 Å². The number of benzene rings is 3. The van der Waals surface area contributed by atoms with E-state index in [-0.39, 0.29) is 5.97 Å². The van der Waals surface area contributed by atoms with Gasteiger partial charge in [-0.2, -0.15) is 0 Å². The summed E-state index contributed by atoms with van der Waals surface area (Å²) in [5.74, 6) is 0.749.